The molecule has 0 bridgehead atoms. The lowest BCUT2D eigenvalue weighted by atomic mass is 10.4. The van der Waals surface area contributed by atoms with E-state index in [0.29, 0.717) is 6.61 Å². The van der Waals surface area contributed by atoms with Crippen LogP contribution >= 0.6 is 0 Å². The first-order valence-electron chi connectivity index (χ1n) is 5.18. The average molecular weight is 244 g/mol. The maximum absolute atomic E-state index is 10.7. The molecule has 0 rings (SSSR count). The van der Waals surface area contributed by atoms with Crippen LogP contribution in [0.1, 0.15) is 19.8 Å². The summed E-state index contributed by atoms with van der Waals surface area (Å²) < 4.78 is 13.5. The number of carbonyl (C=O) groups excluding carboxylic acids is 2. The number of hydrogen-bond donors (Lipinski definition) is 0. The van der Waals surface area contributed by atoms with Crippen LogP contribution in [0.15, 0.2) is 25.0 Å². The minimum atomic E-state index is -0.394. The maximum Gasteiger partial charge on any atom is 0.333 e. The number of carbonyl (C=O) groups is 2. The molecule has 5 nitrogen and oxygen atoms in total. The molecule has 0 aromatic rings. The first-order chi connectivity index (χ1) is 8.12. The highest BCUT2D eigenvalue weighted by molar-refractivity contribution is 5.81. The Morgan fingerprint density at radius 3 is 2.24 bits per heavy atom. The van der Waals surface area contributed by atoms with E-state index in [4.69, 9.17) is 4.74 Å². The van der Waals surface area contributed by atoms with Crippen molar-refractivity contribution in [3.05, 3.63) is 25.0 Å². The molecule has 5 heteroatoms. The Bertz CT molecular complexity index is 245. The lowest BCUT2D eigenvalue weighted by Gasteiger charge is -1.98. The van der Waals surface area contributed by atoms with Gasteiger partial charge >= 0.3 is 11.9 Å². The van der Waals surface area contributed by atoms with E-state index in [2.05, 4.69) is 16.1 Å². The molecule has 0 atom stereocenters. The van der Waals surface area contributed by atoms with Crippen molar-refractivity contribution in [3.63, 3.8) is 0 Å². The van der Waals surface area contributed by atoms with Gasteiger partial charge in [-0.15, -0.1) is 0 Å². The van der Waals surface area contributed by atoms with Crippen LogP contribution in [0.3, 0.4) is 0 Å². The summed E-state index contributed by atoms with van der Waals surface area (Å²) in [7, 11) is 2.79. The van der Waals surface area contributed by atoms with Gasteiger partial charge in [0.2, 0.25) is 0 Å². The number of unbranched alkanes of at least 4 members (excludes halogenated alkanes) is 1. The Labute approximate surface area is 102 Å². The monoisotopic (exact) mass is 244 g/mol. The molecule has 0 aliphatic rings. The third kappa shape index (κ3) is 16.9. The fourth-order valence-electron chi connectivity index (χ4n) is 0.572. The lowest BCUT2D eigenvalue weighted by Crippen LogP contribution is -2.01. The van der Waals surface area contributed by atoms with Gasteiger partial charge < -0.3 is 14.2 Å². The van der Waals surface area contributed by atoms with E-state index in [-0.39, 0.29) is 5.97 Å². The Kier molecular flexibility index (Phi) is 14.7. The standard InChI is InChI=1S/C8H14O3.C4H6O2/c1-3-4-6-11-8(9)5-7-10-2;1-3-4(5)6-2/h5,7H,3-4,6H2,1-2H3;3H,1H2,2H3. The molecule has 0 aromatic carbocycles. The van der Waals surface area contributed by atoms with E-state index >= 15 is 0 Å². The molecular formula is C12H20O5. The third-order valence-electron chi connectivity index (χ3n) is 1.45. The fourth-order valence-corrected chi connectivity index (χ4v) is 0.572. The normalized spacial score (nSPS) is 8.88. The van der Waals surface area contributed by atoms with Gasteiger partial charge in [-0.2, -0.15) is 0 Å². The minimum Gasteiger partial charge on any atom is -0.504 e. The van der Waals surface area contributed by atoms with Crippen molar-refractivity contribution >= 4 is 11.9 Å². The largest absolute Gasteiger partial charge is 0.504 e. The zero-order valence-electron chi connectivity index (χ0n) is 10.6. The average Bonchev–Trinajstić information content (AvgIpc) is 2.36. The summed E-state index contributed by atoms with van der Waals surface area (Å²) in [4.78, 5) is 20.5. The zero-order chi connectivity index (χ0) is 13.5. The van der Waals surface area contributed by atoms with Crippen LogP contribution in [0.4, 0.5) is 0 Å². The summed E-state index contributed by atoms with van der Waals surface area (Å²) in [5.41, 5.74) is 0. The van der Waals surface area contributed by atoms with Crippen LogP contribution in [0.2, 0.25) is 0 Å². The summed E-state index contributed by atoms with van der Waals surface area (Å²) in [6.45, 7) is 5.69. The quantitative estimate of drug-likeness (QED) is 0.309. The molecule has 0 saturated carbocycles. The second kappa shape index (κ2) is 14.2. The Morgan fingerprint density at radius 1 is 1.24 bits per heavy atom. The van der Waals surface area contributed by atoms with Gasteiger partial charge in [-0.3, -0.25) is 0 Å². The predicted octanol–water partition coefficient (Wildman–Crippen LogP) is 1.84. The number of hydrogen-bond acceptors (Lipinski definition) is 5. The molecule has 0 aliphatic heterocycles. The first kappa shape index (κ1) is 17.6. The van der Waals surface area contributed by atoms with Crippen LogP contribution in [0, 0.1) is 0 Å². The van der Waals surface area contributed by atoms with Crippen molar-refractivity contribution in [2.24, 2.45) is 0 Å². The summed E-state index contributed by atoms with van der Waals surface area (Å²) in [6, 6.07) is 0. The van der Waals surface area contributed by atoms with Crippen molar-refractivity contribution in [2.75, 3.05) is 20.8 Å². The smallest absolute Gasteiger partial charge is 0.333 e. The second-order valence-electron chi connectivity index (χ2n) is 2.79. The topological polar surface area (TPSA) is 61.8 Å². The predicted molar refractivity (Wildman–Crippen MR) is 64.2 cm³/mol. The fraction of sp³-hybridized carbons (Fsp3) is 0.500. The van der Waals surface area contributed by atoms with Gasteiger partial charge in [0.15, 0.2) is 0 Å². The van der Waals surface area contributed by atoms with Crippen molar-refractivity contribution in [1.82, 2.24) is 0 Å². The molecule has 98 valence electrons. The Hall–Kier alpha value is -1.78. The number of rotatable bonds is 6. The molecule has 0 aromatic heterocycles. The molecule has 17 heavy (non-hydrogen) atoms. The van der Waals surface area contributed by atoms with Crippen molar-refractivity contribution in [1.29, 1.82) is 0 Å². The second-order valence-corrected chi connectivity index (χ2v) is 2.79. The van der Waals surface area contributed by atoms with E-state index in [1.165, 1.54) is 26.6 Å². The van der Waals surface area contributed by atoms with Crippen molar-refractivity contribution in [3.8, 4) is 0 Å². The van der Waals surface area contributed by atoms with Gasteiger partial charge in [0, 0.05) is 6.08 Å². The van der Waals surface area contributed by atoms with Crippen LogP contribution < -0.4 is 0 Å². The van der Waals surface area contributed by atoms with Crippen LogP contribution in [-0.4, -0.2) is 32.8 Å². The first-order valence-corrected chi connectivity index (χ1v) is 5.18. The van der Waals surface area contributed by atoms with Gasteiger partial charge in [-0.1, -0.05) is 19.9 Å². The van der Waals surface area contributed by atoms with E-state index in [0.717, 1.165) is 18.9 Å². The summed E-state index contributed by atoms with van der Waals surface area (Å²) in [5, 5.41) is 0. The molecule has 0 unspecified atom stereocenters. The summed E-state index contributed by atoms with van der Waals surface area (Å²) >= 11 is 0. The van der Waals surface area contributed by atoms with Crippen LogP contribution in [0.25, 0.3) is 0 Å². The van der Waals surface area contributed by atoms with Gasteiger partial charge in [-0.25, -0.2) is 9.59 Å². The van der Waals surface area contributed by atoms with Crippen LogP contribution in [0.5, 0.6) is 0 Å². The molecule has 0 fully saturated rings. The van der Waals surface area contributed by atoms with Gasteiger partial charge in [0.1, 0.15) is 0 Å². The third-order valence-corrected chi connectivity index (χ3v) is 1.45. The SMILES string of the molecule is C=CC(=O)OC.CCCCOC(=O)C=COC. The highest BCUT2D eigenvalue weighted by Crippen LogP contribution is 1.89. The number of ether oxygens (including phenoxy) is 3. The van der Waals surface area contributed by atoms with E-state index < -0.39 is 5.97 Å². The van der Waals surface area contributed by atoms with E-state index in [1.54, 1.807) is 0 Å². The van der Waals surface area contributed by atoms with Crippen molar-refractivity contribution in [2.45, 2.75) is 19.8 Å². The van der Waals surface area contributed by atoms with E-state index in [1.807, 2.05) is 6.92 Å². The highest BCUT2D eigenvalue weighted by atomic mass is 16.5. The maximum atomic E-state index is 10.7. The minimum absolute atomic E-state index is 0.347. The number of methoxy groups -OCH3 is 2. The van der Waals surface area contributed by atoms with Crippen molar-refractivity contribution < 1.29 is 23.8 Å². The zero-order valence-corrected chi connectivity index (χ0v) is 10.6. The molecule has 0 radical (unpaired) electrons. The molecule has 0 aliphatic carbocycles. The van der Waals surface area contributed by atoms with Gasteiger partial charge in [-0.05, 0) is 6.42 Å². The molecule has 0 spiro atoms. The molecule has 0 heterocycles. The molecule has 0 saturated heterocycles. The van der Waals surface area contributed by atoms with E-state index in [9.17, 15) is 9.59 Å². The Balaban J connectivity index is 0. The number of esters is 2. The van der Waals surface area contributed by atoms with Gasteiger partial charge in [0.25, 0.3) is 0 Å². The van der Waals surface area contributed by atoms with Gasteiger partial charge in [0.05, 0.1) is 33.2 Å². The lowest BCUT2D eigenvalue weighted by molar-refractivity contribution is -0.138. The summed E-state index contributed by atoms with van der Waals surface area (Å²) in [6.07, 6.45) is 5.61. The molecule has 0 N–H and O–H groups in total. The highest BCUT2D eigenvalue weighted by Gasteiger charge is 1.93. The van der Waals surface area contributed by atoms with Crippen LogP contribution in [-0.2, 0) is 23.8 Å². The Morgan fingerprint density at radius 2 is 1.88 bits per heavy atom. The molecule has 0 amide bonds. The summed E-state index contributed by atoms with van der Waals surface area (Å²) in [5.74, 6) is -0.740. The molecular weight excluding hydrogens is 224 g/mol.